The third-order valence-electron chi connectivity index (χ3n) is 4.64. The van der Waals surface area contributed by atoms with E-state index in [1.165, 1.54) is 12.1 Å². The predicted molar refractivity (Wildman–Crippen MR) is 109 cm³/mol. The number of hydrogen-bond donors (Lipinski definition) is 0. The van der Waals surface area contributed by atoms with Crippen LogP contribution in [0.25, 0.3) is 0 Å². The van der Waals surface area contributed by atoms with Crippen LogP contribution in [-0.2, 0) is 16.1 Å². The summed E-state index contributed by atoms with van der Waals surface area (Å²) in [6.45, 7) is 0.302. The molecule has 0 aliphatic carbocycles. The second-order valence-electron chi connectivity index (χ2n) is 6.86. The monoisotopic (exact) mass is 431 g/mol. The van der Waals surface area contributed by atoms with Gasteiger partial charge in [-0.25, -0.2) is 9.37 Å². The van der Waals surface area contributed by atoms with Gasteiger partial charge in [-0.15, -0.1) is 0 Å². The van der Waals surface area contributed by atoms with Crippen molar-refractivity contribution in [2.24, 2.45) is 5.16 Å². The molecule has 0 spiro atoms. The van der Waals surface area contributed by atoms with E-state index in [9.17, 15) is 14.3 Å². The summed E-state index contributed by atoms with van der Waals surface area (Å²) < 4.78 is 15.3. The maximum Gasteiger partial charge on any atom is 1.00 e. The van der Waals surface area contributed by atoms with E-state index in [1.807, 2.05) is 41.1 Å². The van der Waals surface area contributed by atoms with Gasteiger partial charge in [-0.05, 0) is 43.4 Å². The van der Waals surface area contributed by atoms with E-state index in [0.717, 1.165) is 11.1 Å². The van der Waals surface area contributed by atoms with Crippen molar-refractivity contribution in [1.29, 1.82) is 0 Å². The van der Waals surface area contributed by atoms with Crippen LogP contribution >= 0.6 is 0 Å². The van der Waals surface area contributed by atoms with Crippen molar-refractivity contribution in [3.05, 3.63) is 90.3 Å². The molecule has 1 unspecified atom stereocenters. The third kappa shape index (κ3) is 7.94. The normalized spacial score (nSPS) is 12.1. The number of carbonyl (C=O) groups excluding carboxylic acids is 1. The number of carboxylic acid groups (broad SMARTS) is 1. The molecule has 0 saturated carbocycles. The Morgan fingerprint density at radius 1 is 1.13 bits per heavy atom. The molecule has 156 valence electrons. The topological polar surface area (TPSA) is 79.5 Å². The Labute approximate surface area is 203 Å². The Morgan fingerprint density at radius 3 is 2.52 bits per heavy atom. The summed E-state index contributed by atoms with van der Waals surface area (Å²) in [5.41, 5.74) is 2.55. The first-order valence-electron chi connectivity index (χ1n) is 9.80. The van der Waals surface area contributed by atoms with Crippen molar-refractivity contribution in [2.45, 2.75) is 31.7 Å². The molecule has 2 aromatic carbocycles. The van der Waals surface area contributed by atoms with Gasteiger partial charge in [0, 0.05) is 23.9 Å². The first-order valence-corrected chi connectivity index (χ1v) is 9.80. The maximum absolute atomic E-state index is 13.3. The number of unbranched alkanes of at least 4 members (excludes halogenated alkanes) is 1. The quantitative estimate of drug-likeness (QED) is 0.187. The minimum Gasteiger partial charge on any atom is -0.550 e. The van der Waals surface area contributed by atoms with Gasteiger partial charge in [0.15, 0.2) is 0 Å². The molecule has 8 heteroatoms. The van der Waals surface area contributed by atoms with Gasteiger partial charge in [-0.1, -0.05) is 47.6 Å². The summed E-state index contributed by atoms with van der Waals surface area (Å²) in [6.07, 6.45) is 6.87. The number of aromatic nitrogens is 2. The van der Waals surface area contributed by atoms with E-state index in [2.05, 4.69) is 10.1 Å². The van der Waals surface area contributed by atoms with Gasteiger partial charge >= 0.3 is 29.6 Å². The Kier molecular flexibility index (Phi) is 10.4. The minimum absolute atomic E-state index is 0. The second kappa shape index (κ2) is 13.0. The van der Waals surface area contributed by atoms with E-state index >= 15 is 0 Å². The zero-order valence-electron chi connectivity index (χ0n) is 17.5. The molecule has 0 aliphatic rings. The molecule has 31 heavy (non-hydrogen) atoms. The van der Waals surface area contributed by atoms with E-state index in [-0.39, 0.29) is 47.8 Å². The minimum atomic E-state index is -1.07. The smallest absolute Gasteiger partial charge is 0.550 e. The van der Waals surface area contributed by atoms with E-state index in [0.29, 0.717) is 31.6 Å². The van der Waals surface area contributed by atoms with Crippen molar-refractivity contribution >= 4 is 11.7 Å². The summed E-state index contributed by atoms with van der Waals surface area (Å²) in [5, 5.41) is 14.9. The summed E-state index contributed by atoms with van der Waals surface area (Å²) in [5.74, 6) is -1.35. The van der Waals surface area contributed by atoms with Gasteiger partial charge in [0.05, 0.1) is 12.4 Å². The van der Waals surface area contributed by atoms with Crippen LogP contribution in [0.4, 0.5) is 4.39 Å². The van der Waals surface area contributed by atoms with Crippen LogP contribution < -0.4 is 34.7 Å². The summed E-state index contributed by atoms with van der Waals surface area (Å²) in [7, 11) is 0. The summed E-state index contributed by atoms with van der Waals surface area (Å²) in [6, 6.07) is 15.8. The van der Waals surface area contributed by atoms with E-state index < -0.39 is 5.97 Å². The molecule has 1 heterocycles. The number of rotatable bonds is 11. The fourth-order valence-corrected chi connectivity index (χ4v) is 3.11. The van der Waals surface area contributed by atoms with Gasteiger partial charge in [0.25, 0.3) is 0 Å². The van der Waals surface area contributed by atoms with Gasteiger partial charge in [-0.3, -0.25) is 0 Å². The number of carbonyl (C=O) groups is 1. The van der Waals surface area contributed by atoms with Gasteiger partial charge in [0.1, 0.15) is 18.1 Å². The largest absolute Gasteiger partial charge is 1.00 e. The molecular weight excluding hydrogens is 408 g/mol. The average molecular weight is 431 g/mol. The van der Waals surface area contributed by atoms with Crippen molar-refractivity contribution in [2.75, 3.05) is 6.61 Å². The van der Waals surface area contributed by atoms with Gasteiger partial charge < -0.3 is 19.3 Å². The number of nitrogens with zero attached hydrogens (tertiary/aromatic N) is 3. The van der Waals surface area contributed by atoms with Crippen molar-refractivity contribution in [3.8, 4) is 0 Å². The molecular formula is C23H23FN3NaO3. The van der Waals surface area contributed by atoms with Crippen molar-refractivity contribution in [3.63, 3.8) is 0 Å². The Hall–Kier alpha value is -2.48. The number of hydrogen-bond acceptors (Lipinski definition) is 5. The first-order chi connectivity index (χ1) is 14.6. The number of imidazole rings is 1. The molecule has 1 aromatic heterocycles. The van der Waals surface area contributed by atoms with Crippen LogP contribution in [0.3, 0.4) is 0 Å². The Balaban J connectivity index is 0.00000341. The number of carboxylic acids is 1. The van der Waals surface area contributed by atoms with Crippen molar-refractivity contribution < 1.29 is 48.7 Å². The van der Waals surface area contributed by atoms with E-state index in [4.69, 9.17) is 4.84 Å². The molecule has 3 aromatic rings. The Bertz CT molecular complexity index is 948. The summed E-state index contributed by atoms with van der Waals surface area (Å²) >= 11 is 0. The number of aliphatic carboxylic acids is 1. The van der Waals surface area contributed by atoms with Gasteiger partial charge in [-0.2, -0.15) is 0 Å². The van der Waals surface area contributed by atoms with Crippen molar-refractivity contribution in [1.82, 2.24) is 9.55 Å². The third-order valence-corrected chi connectivity index (χ3v) is 4.64. The molecule has 3 rings (SSSR count). The molecule has 0 radical (unpaired) electrons. The first kappa shape index (κ1) is 24.8. The maximum atomic E-state index is 13.3. The number of benzene rings is 2. The van der Waals surface area contributed by atoms with Crippen LogP contribution in [-0.4, -0.2) is 27.8 Å². The molecule has 1 atom stereocenters. The van der Waals surface area contributed by atoms with E-state index in [1.54, 1.807) is 24.7 Å². The zero-order chi connectivity index (χ0) is 21.2. The fourth-order valence-electron chi connectivity index (χ4n) is 3.11. The predicted octanol–water partition coefficient (Wildman–Crippen LogP) is 0.151. The van der Waals surface area contributed by atoms with Crippen LogP contribution in [0, 0.1) is 5.82 Å². The van der Waals surface area contributed by atoms with Crippen LogP contribution in [0.15, 0.2) is 78.5 Å². The molecule has 0 saturated heterocycles. The molecule has 6 nitrogen and oxygen atoms in total. The van der Waals surface area contributed by atoms with Crippen LogP contribution in [0.1, 0.15) is 36.4 Å². The Morgan fingerprint density at radius 2 is 1.87 bits per heavy atom. The molecule has 0 aliphatic heterocycles. The molecule has 0 N–H and O–H groups in total. The number of oxime groups is 1. The average Bonchev–Trinajstić information content (AvgIpc) is 3.28. The standard InChI is InChI=1S/C23H24FN3O3.Na/c24-20-11-9-18(10-12-20)16-21(27-14-13-25-17-27)23(19-6-2-1-3-7-19)26-30-15-5-4-8-22(28)29;/h1-3,6-7,9-14,17,21H,4-5,8,15-16H2,(H,28,29);/q;+1/p-1/b26-23+;. The van der Waals surface area contributed by atoms with Crippen LogP contribution in [0.5, 0.6) is 0 Å². The van der Waals surface area contributed by atoms with Crippen LogP contribution in [0.2, 0.25) is 0 Å². The van der Waals surface area contributed by atoms with Gasteiger partial charge in [0.2, 0.25) is 0 Å². The molecule has 0 bridgehead atoms. The zero-order valence-corrected chi connectivity index (χ0v) is 19.5. The molecule has 0 amide bonds. The SMILES string of the molecule is O=C([O-])CCCCO/N=C(\c1ccccc1)C(Cc1ccc(F)cc1)n1ccnc1.[Na+]. The fraction of sp³-hybridized carbons (Fsp3) is 0.261. The second-order valence-corrected chi connectivity index (χ2v) is 6.86. The summed E-state index contributed by atoms with van der Waals surface area (Å²) in [4.78, 5) is 20.2. The number of halogens is 1. The molecule has 0 fully saturated rings.